The second-order valence-electron chi connectivity index (χ2n) is 2.34. The van der Waals surface area contributed by atoms with Crippen LogP contribution >= 0.6 is 0 Å². The van der Waals surface area contributed by atoms with E-state index in [0.717, 1.165) is 0 Å². The fourth-order valence-corrected chi connectivity index (χ4v) is 1.03. The van der Waals surface area contributed by atoms with Crippen LogP contribution in [0.2, 0.25) is 0 Å². The van der Waals surface area contributed by atoms with Gasteiger partial charge in [-0.2, -0.15) is 10.5 Å². The third kappa shape index (κ3) is 1.68. The van der Waals surface area contributed by atoms with Crippen molar-refractivity contribution in [1.29, 1.82) is 10.5 Å². The van der Waals surface area contributed by atoms with Crippen molar-refractivity contribution >= 4 is 6.34 Å². The smallest absolute Gasteiger partial charge is 0.0857 e. The van der Waals surface area contributed by atoms with Crippen LogP contribution in [0.4, 0.5) is 0 Å². The molecule has 1 aliphatic heterocycles. The minimum atomic E-state index is -0.0281. The predicted octanol–water partition coefficient (Wildman–Crippen LogP) is 0.182. The van der Waals surface area contributed by atoms with Crippen LogP contribution in [-0.4, -0.2) is 18.4 Å². The van der Waals surface area contributed by atoms with E-state index in [9.17, 15) is 0 Å². The van der Waals surface area contributed by atoms with Crippen molar-refractivity contribution in [2.45, 2.75) is 24.9 Å². The van der Waals surface area contributed by atoms with Gasteiger partial charge in [0.05, 0.1) is 43.4 Å². The molecule has 0 fully saturated rings. The average Bonchev–Trinajstić information content (AvgIpc) is 2.39. The summed E-state index contributed by atoms with van der Waals surface area (Å²) in [6.45, 7) is 0. The van der Waals surface area contributed by atoms with Crippen molar-refractivity contribution < 1.29 is 0 Å². The molecule has 4 heteroatoms. The van der Waals surface area contributed by atoms with E-state index in [2.05, 4.69) is 10.3 Å². The SMILES string of the molecule is N#CCC1N=CNC1CC#N. The Morgan fingerprint density at radius 3 is 2.73 bits per heavy atom. The molecule has 1 rings (SSSR count). The highest BCUT2D eigenvalue weighted by Crippen LogP contribution is 2.10. The zero-order valence-electron chi connectivity index (χ0n) is 5.99. The largest absolute Gasteiger partial charge is 0.370 e. The average molecular weight is 148 g/mol. The summed E-state index contributed by atoms with van der Waals surface area (Å²) in [5.41, 5.74) is 0. The van der Waals surface area contributed by atoms with Crippen molar-refractivity contribution in [3.8, 4) is 12.1 Å². The molecule has 0 spiro atoms. The molecule has 4 nitrogen and oxygen atoms in total. The van der Waals surface area contributed by atoms with Gasteiger partial charge in [0.2, 0.25) is 0 Å². The first-order valence-corrected chi connectivity index (χ1v) is 3.40. The highest BCUT2D eigenvalue weighted by atomic mass is 15.1. The number of aliphatic imine (C=N–C) groups is 1. The molecule has 11 heavy (non-hydrogen) atoms. The molecule has 2 unspecified atom stereocenters. The van der Waals surface area contributed by atoms with Crippen LogP contribution in [0.15, 0.2) is 4.99 Å². The summed E-state index contributed by atoms with van der Waals surface area (Å²) in [6.07, 6.45) is 2.37. The monoisotopic (exact) mass is 148 g/mol. The highest BCUT2D eigenvalue weighted by Gasteiger charge is 2.22. The minimum Gasteiger partial charge on any atom is -0.370 e. The number of hydrogen-bond donors (Lipinski definition) is 1. The number of nitrogens with one attached hydrogen (secondary N) is 1. The summed E-state index contributed by atoms with van der Waals surface area (Å²) < 4.78 is 0. The van der Waals surface area contributed by atoms with Gasteiger partial charge in [-0.15, -0.1) is 0 Å². The molecule has 0 aliphatic carbocycles. The Hall–Kier alpha value is -1.55. The van der Waals surface area contributed by atoms with Gasteiger partial charge >= 0.3 is 0 Å². The summed E-state index contributed by atoms with van der Waals surface area (Å²) in [7, 11) is 0. The van der Waals surface area contributed by atoms with E-state index < -0.39 is 0 Å². The topological polar surface area (TPSA) is 72.0 Å². The van der Waals surface area contributed by atoms with Gasteiger partial charge in [0.1, 0.15) is 0 Å². The summed E-state index contributed by atoms with van der Waals surface area (Å²) in [5.74, 6) is 0. The van der Waals surface area contributed by atoms with E-state index in [1.165, 1.54) is 0 Å². The third-order valence-electron chi connectivity index (χ3n) is 1.63. The highest BCUT2D eigenvalue weighted by molar-refractivity contribution is 5.58. The second kappa shape index (κ2) is 3.58. The van der Waals surface area contributed by atoms with E-state index in [0.29, 0.717) is 12.8 Å². The lowest BCUT2D eigenvalue weighted by Gasteiger charge is -2.10. The second-order valence-corrected chi connectivity index (χ2v) is 2.34. The lowest BCUT2D eigenvalue weighted by molar-refractivity contribution is 0.540. The molecule has 0 amide bonds. The molecular formula is C7H8N4. The van der Waals surface area contributed by atoms with Gasteiger partial charge in [-0.3, -0.25) is 4.99 Å². The molecule has 2 atom stereocenters. The molecule has 56 valence electrons. The maximum Gasteiger partial charge on any atom is 0.0857 e. The molecule has 0 saturated heterocycles. The summed E-state index contributed by atoms with van der Waals surface area (Å²) in [6, 6.07) is 4.09. The van der Waals surface area contributed by atoms with Crippen molar-refractivity contribution in [3.63, 3.8) is 0 Å². The van der Waals surface area contributed by atoms with Crippen LogP contribution in [0.5, 0.6) is 0 Å². The minimum absolute atomic E-state index is 0.0281. The maximum absolute atomic E-state index is 8.38. The quantitative estimate of drug-likeness (QED) is 0.607. The Bertz CT molecular complexity index is 232. The lowest BCUT2D eigenvalue weighted by atomic mass is 10.1. The van der Waals surface area contributed by atoms with E-state index in [1.54, 1.807) is 6.34 Å². The van der Waals surface area contributed by atoms with Crippen LogP contribution in [0.1, 0.15) is 12.8 Å². The standard InChI is InChI=1S/C7H8N4/c8-3-1-6-7(2-4-9)11-5-10-6/h5-7H,1-2H2,(H,10,11). The number of nitrogens with zero attached hydrogens (tertiary/aromatic N) is 3. The molecule has 1 aliphatic rings. The maximum atomic E-state index is 8.38. The number of rotatable bonds is 2. The fraction of sp³-hybridized carbons (Fsp3) is 0.571. The van der Waals surface area contributed by atoms with E-state index >= 15 is 0 Å². The Balaban J connectivity index is 2.45. The van der Waals surface area contributed by atoms with Gasteiger partial charge in [-0.05, 0) is 0 Å². The molecule has 0 aromatic rings. The normalized spacial score (nSPS) is 27.1. The first-order valence-electron chi connectivity index (χ1n) is 3.40. The zero-order valence-corrected chi connectivity index (χ0v) is 5.99. The fourth-order valence-electron chi connectivity index (χ4n) is 1.03. The molecular weight excluding hydrogens is 140 g/mol. The molecule has 0 saturated carbocycles. The van der Waals surface area contributed by atoms with Crippen LogP contribution < -0.4 is 5.32 Å². The van der Waals surface area contributed by atoms with Crippen molar-refractivity contribution in [2.24, 2.45) is 4.99 Å². The van der Waals surface area contributed by atoms with E-state index in [-0.39, 0.29) is 12.1 Å². The summed E-state index contributed by atoms with van der Waals surface area (Å²) in [5, 5.41) is 19.7. The van der Waals surface area contributed by atoms with Crippen LogP contribution in [0.25, 0.3) is 0 Å². The molecule has 0 aromatic heterocycles. The third-order valence-corrected chi connectivity index (χ3v) is 1.63. The Morgan fingerprint density at radius 1 is 1.36 bits per heavy atom. The Kier molecular flexibility index (Phi) is 2.46. The Morgan fingerprint density at radius 2 is 2.09 bits per heavy atom. The number of hydrogen-bond acceptors (Lipinski definition) is 4. The Labute approximate surface area is 65.2 Å². The van der Waals surface area contributed by atoms with Gasteiger partial charge in [0.25, 0.3) is 0 Å². The molecule has 1 N–H and O–H groups in total. The van der Waals surface area contributed by atoms with Gasteiger partial charge in [0.15, 0.2) is 0 Å². The first-order chi connectivity index (χ1) is 5.38. The van der Waals surface area contributed by atoms with Crippen molar-refractivity contribution in [1.82, 2.24) is 5.32 Å². The van der Waals surface area contributed by atoms with Crippen molar-refractivity contribution in [2.75, 3.05) is 0 Å². The van der Waals surface area contributed by atoms with E-state index in [1.807, 2.05) is 12.1 Å². The zero-order chi connectivity index (χ0) is 8.10. The molecule has 1 heterocycles. The van der Waals surface area contributed by atoms with Gasteiger partial charge in [-0.25, -0.2) is 0 Å². The van der Waals surface area contributed by atoms with E-state index in [4.69, 9.17) is 10.5 Å². The van der Waals surface area contributed by atoms with Crippen LogP contribution in [0.3, 0.4) is 0 Å². The predicted molar refractivity (Wildman–Crippen MR) is 39.7 cm³/mol. The van der Waals surface area contributed by atoms with Gasteiger partial charge in [0, 0.05) is 0 Å². The van der Waals surface area contributed by atoms with Crippen molar-refractivity contribution in [3.05, 3.63) is 0 Å². The van der Waals surface area contributed by atoms with Gasteiger partial charge in [-0.1, -0.05) is 0 Å². The lowest BCUT2D eigenvalue weighted by Crippen LogP contribution is -2.30. The molecule has 0 aromatic carbocycles. The first kappa shape index (κ1) is 7.56. The van der Waals surface area contributed by atoms with Crippen LogP contribution in [-0.2, 0) is 0 Å². The number of nitriles is 2. The van der Waals surface area contributed by atoms with Gasteiger partial charge < -0.3 is 5.32 Å². The summed E-state index contributed by atoms with van der Waals surface area (Å²) in [4.78, 5) is 4.02. The molecule has 0 bridgehead atoms. The van der Waals surface area contributed by atoms with Crippen LogP contribution in [0, 0.1) is 22.7 Å². The summed E-state index contributed by atoms with van der Waals surface area (Å²) >= 11 is 0. The molecule has 0 radical (unpaired) electrons.